The standard InChI is InChI=1S/C18H36O3/c1-4-6-7-8-9-10-11-12-13-14-15-16(18(19)20)17(5-2)21-3/h16-17H,4-15H2,1-3H3,(H,19,20). The molecule has 0 amide bonds. The maximum atomic E-state index is 11.3. The monoisotopic (exact) mass is 300 g/mol. The number of aliphatic carboxylic acids is 1. The fourth-order valence-corrected chi connectivity index (χ4v) is 2.94. The summed E-state index contributed by atoms with van der Waals surface area (Å²) in [6.45, 7) is 4.24. The molecule has 126 valence electrons. The first kappa shape index (κ1) is 20.4. The van der Waals surface area contributed by atoms with Gasteiger partial charge in [0.25, 0.3) is 0 Å². The highest BCUT2D eigenvalue weighted by Crippen LogP contribution is 2.20. The SMILES string of the molecule is CCCCCCCCCCCCC(C(=O)O)C(CC)OC. The summed E-state index contributed by atoms with van der Waals surface area (Å²) in [7, 11) is 1.61. The molecule has 0 spiro atoms. The van der Waals surface area contributed by atoms with Crippen molar-refractivity contribution in [2.24, 2.45) is 5.92 Å². The summed E-state index contributed by atoms with van der Waals surface area (Å²) < 4.78 is 5.28. The minimum Gasteiger partial charge on any atom is -0.481 e. The van der Waals surface area contributed by atoms with Crippen molar-refractivity contribution in [2.45, 2.75) is 97.0 Å². The highest BCUT2D eigenvalue weighted by Gasteiger charge is 2.25. The number of unbranched alkanes of at least 4 members (excludes halogenated alkanes) is 9. The smallest absolute Gasteiger partial charge is 0.309 e. The molecule has 0 saturated heterocycles. The van der Waals surface area contributed by atoms with Gasteiger partial charge in [-0.25, -0.2) is 0 Å². The second-order valence-corrected chi connectivity index (χ2v) is 6.10. The van der Waals surface area contributed by atoms with Crippen LogP contribution in [0.3, 0.4) is 0 Å². The van der Waals surface area contributed by atoms with Gasteiger partial charge in [0, 0.05) is 7.11 Å². The summed E-state index contributed by atoms with van der Waals surface area (Å²) in [6.07, 6.45) is 14.2. The van der Waals surface area contributed by atoms with Crippen LogP contribution in [0.15, 0.2) is 0 Å². The van der Waals surface area contributed by atoms with Crippen molar-refractivity contribution in [3.8, 4) is 0 Å². The van der Waals surface area contributed by atoms with E-state index in [2.05, 4.69) is 6.92 Å². The molecule has 0 aromatic heterocycles. The number of carboxylic acid groups (broad SMARTS) is 1. The lowest BCUT2D eigenvalue weighted by atomic mass is 9.93. The molecule has 0 rings (SSSR count). The van der Waals surface area contributed by atoms with E-state index in [1.807, 2.05) is 6.92 Å². The summed E-state index contributed by atoms with van der Waals surface area (Å²) in [5, 5.41) is 9.27. The van der Waals surface area contributed by atoms with Gasteiger partial charge in [0.2, 0.25) is 0 Å². The Hall–Kier alpha value is -0.570. The van der Waals surface area contributed by atoms with Crippen LogP contribution in [0.4, 0.5) is 0 Å². The molecule has 0 aliphatic heterocycles. The highest BCUT2D eigenvalue weighted by molar-refractivity contribution is 5.70. The number of carbonyl (C=O) groups is 1. The Kier molecular flexibility index (Phi) is 14.0. The summed E-state index contributed by atoms with van der Waals surface area (Å²) in [5.41, 5.74) is 0. The Morgan fingerprint density at radius 2 is 1.38 bits per heavy atom. The second kappa shape index (κ2) is 14.4. The third-order valence-corrected chi connectivity index (χ3v) is 4.34. The zero-order valence-corrected chi connectivity index (χ0v) is 14.4. The van der Waals surface area contributed by atoms with E-state index < -0.39 is 5.97 Å². The Morgan fingerprint density at radius 1 is 0.905 bits per heavy atom. The second-order valence-electron chi connectivity index (χ2n) is 6.10. The predicted molar refractivity (Wildman–Crippen MR) is 88.7 cm³/mol. The van der Waals surface area contributed by atoms with Gasteiger partial charge < -0.3 is 9.84 Å². The van der Waals surface area contributed by atoms with E-state index in [0.29, 0.717) is 0 Å². The summed E-state index contributed by atoms with van der Waals surface area (Å²) in [4.78, 5) is 11.3. The van der Waals surface area contributed by atoms with Gasteiger partial charge in [-0.1, -0.05) is 78.1 Å². The number of hydrogen-bond acceptors (Lipinski definition) is 2. The van der Waals surface area contributed by atoms with E-state index in [0.717, 1.165) is 25.7 Å². The average Bonchev–Trinajstić information content (AvgIpc) is 2.48. The zero-order valence-electron chi connectivity index (χ0n) is 14.4. The molecular weight excluding hydrogens is 264 g/mol. The fraction of sp³-hybridized carbons (Fsp3) is 0.944. The molecule has 1 N–H and O–H groups in total. The van der Waals surface area contributed by atoms with Crippen molar-refractivity contribution in [3.05, 3.63) is 0 Å². The molecule has 0 aromatic rings. The van der Waals surface area contributed by atoms with Crippen molar-refractivity contribution in [2.75, 3.05) is 7.11 Å². The first-order valence-electron chi connectivity index (χ1n) is 8.92. The van der Waals surface area contributed by atoms with Crippen LogP contribution in [0.1, 0.15) is 90.9 Å². The van der Waals surface area contributed by atoms with Gasteiger partial charge in [-0.15, -0.1) is 0 Å². The molecule has 2 unspecified atom stereocenters. The maximum absolute atomic E-state index is 11.3. The van der Waals surface area contributed by atoms with Crippen LogP contribution in [-0.4, -0.2) is 24.3 Å². The van der Waals surface area contributed by atoms with Crippen molar-refractivity contribution in [3.63, 3.8) is 0 Å². The lowest BCUT2D eigenvalue weighted by Gasteiger charge is -2.21. The third-order valence-electron chi connectivity index (χ3n) is 4.34. The molecule has 0 aliphatic rings. The van der Waals surface area contributed by atoms with Gasteiger partial charge in [-0.05, 0) is 12.8 Å². The van der Waals surface area contributed by atoms with E-state index in [4.69, 9.17) is 4.74 Å². The fourth-order valence-electron chi connectivity index (χ4n) is 2.94. The normalized spacial score (nSPS) is 14.0. The molecule has 0 radical (unpaired) electrons. The van der Waals surface area contributed by atoms with Crippen molar-refractivity contribution >= 4 is 5.97 Å². The van der Waals surface area contributed by atoms with E-state index in [9.17, 15) is 9.90 Å². The average molecular weight is 300 g/mol. The van der Waals surface area contributed by atoms with Crippen LogP contribution in [0.5, 0.6) is 0 Å². The van der Waals surface area contributed by atoms with Crippen LogP contribution < -0.4 is 0 Å². The van der Waals surface area contributed by atoms with Gasteiger partial charge in [0.05, 0.1) is 12.0 Å². The Bertz CT molecular complexity index is 237. The van der Waals surface area contributed by atoms with Gasteiger partial charge in [-0.3, -0.25) is 4.79 Å². The number of hydrogen-bond donors (Lipinski definition) is 1. The summed E-state index contributed by atoms with van der Waals surface area (Å²) >= 11 is 0. The van der Waals surface area contributed by atoms with Gasteiger partial charge >= 0.3 is 5.97 Å². The van der Waals surface area contributed by atoms with Gasteiger partial charge in [-0.2, -0.15) is 0 Å². The third kappa shape index (κ3) is 10.8. The van der Waals surface area contributed by atoms with E-state index in [1.54, 1.807) is 7.11 Å². The zero-order chi connectivity index (χ0) is 15.9. The first-order chi connectivity index (χ1) is 10.2. The summed E-state index contributed by atoms with van der Waals surface area (Å²) in [5.74, 6) is -1.05. The molecule has 0 fully saturated rings. The predicted octanol–water partition coefficient (Wildman–Crippen LogP) is 5.42. The van der Waals surface area contributed by atoms with Crippen LogP contribution in [-0.2, 0) is 9.53 Å². The molecule has 0 bridgehead atoms. The Labute approximate surface area is 131 Å². The topological polar surface area (TPSA) is 46.5 Å². The molecule has 3 heteroatoms. The minimum absolute atomic E-state index is 0.138. The number of rotatable bonds is 15. The Morgan fingerprint density at radius 3 is 1.76 bits per heavy atom. The van der Waals surface area contributed by atoms with Gasteiger partial charge in [0.1, 0.15) is 0 Å². The Balaban J connectivity index is 3.57. The van der Waals surface area contributed by atoms with Crippen molar-refractivity contribution in [1.29, 1.82) is 0 Å². The molecule has 3 nitrogen and oxygen atoms in total. The minimum atomic E-state index is -0.709. The van der Waals surface area contributed by atoms with Crippen LogP contribution >= 0.6 is 0 Å². The lowest BCUT2D eigenvalue weighted by molar-refractivity contribution is -0.147. The molecule has 21 heavy (non-hydrogen) atoms. The van der Waals surface area contributed by atoms with Crippen molar-refractivity contribution < 1.29 is 14.6 Å². The van der Waals surface area contributed by atoms with E-state index >= 15 is 0 Å². The number of methoxy groups -OCH3 is 1. The molecular formula is C18H36O3. The van der Waals surface area contributed by atoms with Crippen LogP contribution in [0.2, 0.25) is 0 Å². The van der Waals surface area contributed by atoms with Gasteiger partial charge in [0.15, 0.2) is 0 Å². The first-order valence-corrected chi connectivity index (χ1v) is 8.92. The quantitative estimate of drug-likeness (QED) is 0.411. The summed E-state index contributed by atoms with van der Waals surface area (Å²) in [6, 6.07) is 0. The molecule has 0 aliphatic carbocycles. The van der Waals surface area contributed by atoms with Crippen LogP contribution in [0.25, 0.3) is 0 Å². The lowest BCUT2D eigenvalue weighted by Crippen LogP contribution is -2.29. The maximum Gasteiger partial charge on any atom is 0.309 e. The number of carboxylic acids is 1. The molecule has 0 saturated carbocycles. The largest absolute Gasteiger partial charge is 0.481 e. The highest BCUT2D eigenvalue weighted by atomic mass is 16.5. The van der Waals surface area contributed by atoms with E-state index in [1.165, 1.54) is 51.4 Å². The van der Waals surface area contributed by atoms with Crippen LogP contribution in [0, 0.1) is 5.92 Å². The molecule has 2 atom stereocenters. The molecule has 0 heterocycles. The molecule has 0 aromatic carbocycles. The van der Waals surface area contributed by atoms with Crippen molar-refractivity contribution in [1.82, 2.24) is 0 Å². The number of ether oxygens (including phenoxy) is 1. The van der Waals surface area contributed by atoms with E-state index in [-0.39, 0.29) is 12.0 Å².